The molecule has 0 fully saturated rings. The molecule has 4 nitrogen and oxygen atoms in total. The van der Waals surface area contributed by atoms with Crippen molar-refractivity contribution in [2.75, 3.05) is 5.32 Å². The lowest BCUT2D eigenvalue weighted by Crippen LogP contribution is -2.03. The van der Waals surface area contributed by atoms with E-state index in [1.54, 1.807) is 12.4 Å². The quantitative estimate of drug-likeness (QED) is 0.402. The number of aromatic nitrogens is 2. The molecule has 5 heteroatoms. The topological polar surface area (TPSA) is 47.0 Å². The molecule has 0 saturated carbocycles. The Morgan fingerprint density at radius 3 is 2.48 bits per heavy atom. The van der Waals surface area contributed by atoms with Gasteiger partial charge in [-0.15, -0.1) is 25.8 Å². The number of nitrogens with zero attached hydrogens (tertiary/aromatic N) is 2. The molecule has 27 heavy (non-hydrogen) atoms. The average Bonchev–Trinajstić information content (AvgIpc) is 2.71. The smallest absolute Gasteiger partial charge is 0.221 e. The van der Waals surface area contributed by atoms with Crippen molar-refractivity contribution < 1.29 is 4.74 Å². The van der Waals surface area contributed by atoms with Crippen LogP contribution in [-0.2, 0) is 6.54 Å². The zero-order chi connectivity index (χ0) is 20.1. The summed E-state index contributed by atoms with van der Waals surface area (Å²) in [6.07, 6.45) is 3.37. The first-order valence-electron chi connectivity index (χ1n) is 8.78. The summed E-state index contributed by atoms with van der Waals surface area (Å²) >= 11 is 4.46. The van der Waals surface area contributed by atoms with Crippen LogP contribution in [-0.4, -0.2) is 9.97 Å². The first-order valence-corrected chi connectivity index (χ1v) is 9.23. The van der Waals surface area contributed by atoms with E-state index in [1.165, 1.54) is 0 Å². The minimum atomic E-state index is 0.541. The standard InChI is InChI=1S/C18H17N3OS.C2H6.C2H4/c1-13-9-17(20-11-14-5-2-3-7-16(14)23)21-18(10-13)22-15-6-4-8-19-12-15;2*1-2/h2-10,12,23H,11H2,1H3,(H,20,21);1-2H3;1-2H2. The van der Waals surface area contributed by atoms with Gasteiger partial charge in [-0.1, -0.05) is 32.0 Å². The molecule has 2 aromatic heterocycles. The minimum absolute atomic E-state index is 0.541. The molecule has 0 radical (unpaired) electrons. The summed E-state index contributed by atoms with van der Waals surface area (Å²) in [4.78, 5) is 9.48. The lowest BCUT2D eigenvalue weighted by atomic mass is 10.2. The van der Waals surface area contributed by atoms with Crippen molar-refractivity contribution in [3.63, 3.8) is 0 Å². The SMILES string of the molecule is C=C.CC.Cc1cc(NCc2ccccc2S)nc(Oc2cccnc2)c1. The van der Waals surface area contributed by atoms with E-state index in [0.717, 1.165) is 21.8 Å². The number of anilines is 1. The van der Waals surface area contributed by atoms with Crippen molar-refractivity contribution in [2.45, 2.75) is 32.2 Å². The number of benzene rings is 1. The largest absolute Gasteiger partial charge is 0.437 e. The highest BCUT2D eigenvalue weighted by molar-refractivity contribution is 7.80. The molecule has 0 saturated heterocycles. The molecule has 3 aromatic rings. The van der Waals surface area contributed by atoms with Crippen molar-refractivity contribution in [3.8, 4) is 11.6 Å². The minimum Gasteiger partial charge on any atom is -0.437 e. The average molecular weight is 382 g/mol. The lowest BCUT2D eigenvalue weighted by Gasteiger charge is -2.11. The summed E-state index contributed by atoms with van der Waals surface area (Å²) in [5.41, 5.74) is 2.19. The Morgan fingerprint density at radius 1 is 1.07 bits per heavy atom. The van der Waals surface area contributed by atoms with Crippen LogP contribution in [0.5, 0.6) is 11.6 Å². The third-order valence-corrected chi connectivity index (χ3v) is 3.69. The van der Waals surface area contributed by atoms with E-state index >= 15 is 0 Å². The molecule has 3 rings (SSSR count). The van der Waals surface area contributed by atoms with Gasteiger partial charge < -0.3 is 10.1 Å². The van der Waals surface area contributed by atoms with Gasteiger partial charge in [-0.2, -0.15) is 4.98 Å². The van der Waals surface area contributed by atoms with Crippen LogP contribution in [0.2, 0.25) is 0 Å². The summed E-state index contributed by atoms with van der Waals surface area (Å²) in [5.74, 6) is 1.97. The fraction of sp³-hybridized carbons (Fsp3) is 0.182. The number of aryl methyl sites for hydroxylation is 1. The summed E-state index contributed by atoms with van der Waals surface area (Å²) in [5, 5.41) is 3.31. The van der Waals surface area contributed by atoms with E-state index < -0.39 is 0 Å². The molecule has 0 bridgehead atoms. The third kappa shape index (κ3) is 7.54. The van der Waals surface area contributed by atoms with Gasteiger partial charge in [0.25, 0.3) is 0 Å². The number of rotatable bonds is 5. The third-order valence-electron chi connectivity index (χ3n) is 3.25. The van der Waals surface area contributed by atoms with E-state index in [1.807, 2.05) is 69.3 Å². The van der Waals surface area contributed by atoms with Crippen molar-refractivity contribution in [1.82, 2.24) is 9.97 Å². The van der Waals surface area contributed by atoms with Gasteiger partial charge >= 0.3 is 0 Å². The zero-order valence-electron chi connectivity index (χ0n) is 16.1. The van der Waals surface area contributed by atoms with Crippen molar-refractivity contribution >= 4 is 18.4 Å². The lowest BCUT2D eigenvalue weighted by molar-refractivity contribution is 0.461. The van der Waals surface area contributed by atoms with Gasteiger partial charge in [-0.3, -0.25) is 4.98 Å². The number of pyridine rings is 2. The fourth-order valence-corrected chi connectivity index (χ4v) is 2.39. The monoisotopic (exact) mass is 381 g/mol. The second kappa shape index (κ2) is 12.5. The van der Waals surface area contributed by atoms with Crippen molar-refractivity contribution in [2.24, 2.45) is 0 Å². The van der Waals surface area contributed by atoms with Gasteiger partial charge in [-0.25, -0.2) is 0 Å². The maximum absolute atomic E-state index is 5.75. The molecule has 142 valence electrons. The van der Waals surface area contributed by atoms with Crippen LogP contribution in [0.25, 0.3) is 0 Å². The summed E-state index contributed by atoms with van der Waals surface area (Å²) in [7, 11) is 0. The predicted octanol–water partition coefficient (Wildman–Crippen LogP) is 6.31. The van der Waals surface area contributed by atoms with Gasteiger partial charge in [0, 0.05) is 23.7 Å². The fourth-order valence-electron chi connectivity index (χ4n) is 2.15. The molecule has 0 aliphatic heterocycles. The van der Waals surface area contributed by atoms with Gasteiger partial charge in [0.15, 0.2) is 0 Å². The maximum atomic E-state index is 5.75. The summed E-state index contributed by atoms with van der Waals surface area (Å²) in [6.45, 7) is 12.7. The van der Waals surface area contributed by atoms with Gasteiger partial charge in [0.2, 0.25) is 5.88 Å². The molecule has 2 heterocycles. The first-order chi connectivity index (χ1) is 13.2. The Labute approximate surface area is 167 Å². The van der Waals surface area contributed by atoms with Crippen LogP contribution in [0.4, 0.5) is 5.82 Å². The number of thiol groups is 1. The van der Waals surface area contributed by atoms with E-state index in [4.69, 9.17) is 4.74 Å². The molecule has 0 aliphatic carbocycles. The molecule has 1 N–H and O–H groups in total. The van der Waals surface area contributed by atoms with Crippen LogP contribution in [0.1, 0.15) is 25.0 Å². The molecule has 1 aromatic carbocycles. The summed E-state index contributed by atoms with van der Waals surface area (Å²) in [6, 6.07) is 15.5. The normalized spacial score (nSPS) is 9.19. The maximum Gasteiger partial charge on any atom is 0.221 e. The number of hydrogen-bond acceptors (Lipinski definition) is 5. The second-order valence-corrected chi connectivity index (χ2v) is 5.62. The number of nitrogens with one attached hydrogen (secondary N) is 1. The van der Waals surface area contributed by atoms with E-state index in [2.05, 4.69) is 41.1 Å². The molecule has 0 atom stereocenters. The molecular formula is C22H27N3OS. The van der Waals surface area contributed by atoms with Crippen LogP contribution in [0.3, 0.4) is 0 Å². The second-order valence-electron chi connectivity index (χ2n) is 5.14. The highest BCUT2D eigenvalue weighted by Crippen LogP contribution is 2.22. The molecule has 0 unspecified atom stereocenters. The molecular weight excluding hydrogens is 354 g/mol. The Bertz CT molecular complexity index is 810. The van der Waals surface area contributed by atoms with Crippen molar-refractivity contribution in [1.29, 1.82) is 0 Å². The van der Waals surface area contributed by atoms with E-state index in [9.17, 15) is 0 Å². The Hall–Kier alpha value is -2.79. The van der Waals surface area contributed by atoms with E-state index in [-0.39, 0.29) is 0 Å². The predicted molar refractivity (Wildman–Crippen MR) is 117 cm³/mol. The van der Waals surface area contributed by atoms with Crippen LogP contribution in [0.15, 0.2) is 79.0 Å². The zero-order valence-corrected chi connectivity index (χ0v) is 17.0. The highest BCUT2D eigenvalue weighted by atomic mass is 32.1. The van der Waals surface area contributed by atoms with Gasteiger partial charge in [0.05, 0.1) is 6.20 Å². The van der Waals surface area contributed by atoms with Crippen LogP contribution >= 0.6 is 12.6 Å². The van der Waals surface area contributed by atoms with Gasteiger partial charge in [-0.05, 0) is 42.3 Å². The van der Waals surface area contributed by atoms with E-state index in [0.29, 0.717) is 18.2 Å². The molecule has 0 amide bonds. The Balaban J connectivity index is 0.000000855. The summed E-state index contributed by atoms with van der Waals surface area (Å²) < 4.78 is 5.75. The Morgan fingerprint density at radius 2 is 1.81 bits per heavy atom. The number of hydrogen-bond donors (Lipinski definition) is 2. The van der Waals surface area contributed by atoms with Crippen LogP contribution in [0, 0.1) is 6.92 Å². The molecule has 0 spiro atoms. The Kier molecular flexibility index (Phi) is 10.3. The van der Waals surface area contributed by atoms with Crippen molar-refractivity contribution in [3.05, 3.63) is 85.2 Å². The first kappa shape index (κ1) is 22.3. The highest BCUT2D eigenvalue weighted by Gasteiger charge is 2.04. The van der Waals surface area contributed by atoms with Gasteiger partial charge in [0.1, 0.15) is 11.6 Å². The number of ether oxygens (including phenoxy) is 1. The van der Waals surface area contributed by atoms with Crippen LogP contribution < -0.4 is 10.1 Å². The molecule has 0 aliphatic rings.